The van der Waals surface area contributed by atoms with Crippen molar-refractivity contribution in [2.75, 3.05) is 13.2 Å². The molecule has 7 heteroatoms. The van der Waals surface area contributed by atoms with Gasteiger partial charge in [-0.15, -0.1) is 11.3 Å². The highest BCUT2D eigenvalue weighted by Crippen LogP contribution is 2.23. The first kappa shape index (κ1) is 10.1. The summed E-state index contributed by atoms with van der Waals surface area (Å²) in [5, 5.41) is 10.8. The molecule has 14 heavy (non-hydrogen) atoms. The SMILES string of the molecule is O=S(=O)(c1cccs1)N1C[C@H](O)CO1. The molecule has 0 spiro atoms. The Morgan fingerprint density at radius 1 is 1.64 bits per heavy atom. The van der Waals surface area contributed by atoms with Crippen LogP contribution in [0.15, 0.2) is 21.7 Å². The van der Waals surface area contributed by atoms with Crippen LogP contribution in [0.2, 0.25) is 0 Å². The topological polar surface area (TPSA) is 66.8 Å². The summed E-state index contributed by atoms with van der Waals surface area (Å²) in [6.07, 6.45) is -0.732. The summed E-state index contributed by atoms with van der Waals surface area (Å²) in [5.41, 5.74) is 0. The Bertz CT molecular complexity index is 399. The number of hydrogen-bond donors (Lipinski definition) is 1. The number of hydroxylamine groups is 1. The van der Waals surface area contributed by atoms with Gasteiger partial charge in [-0.05, 0) is 11.4 Å². The molecule has 1 aliphatic heterocycles. The molecule has 1 aromatic heterocycles. The predicted molar refractivity (Wildman–Crippen MR) is 50.2 cm³/mol. The minimum Gasteiger partial charge on any atom is -0.389 e. The Morgan fingerprint density at radius 3 is 2.93 bits per heavy atom. The molecular weight excluding hydrogens is 226 g/mol. The lowest BCUT2D eigenvalue weighted by Crippen LogP contribution is -2.28. The molecule has 1 aliphatic rings. The van der Waals surface area contributed by atoms with E-state index in [1.165, 1.54) is 6.07 Å². The van der Waals surface area contributed by atoms with Crippen LogP contribution in [0.4, 0.5) is 0 Å². The number of rotatable bonds is 2. The molecule has 5 nitrogen and oxygen atoms in total. The normalized spacial score (nSPS) is 24.2. The number of β-amino-alcohol motifs (C(OH)–C–C–N with tert-alkyl or cyclic N) is 1. The fourth-order valence-corrected chi connectivity index (χ4v) is 3.49. The zero-order valence-electron chi connectivity index (χ0n) is 7.16. The first-order chi connectivity index (χ1) is 6.60. The highest BCUT2D eigenvalue weighted by molar-refractivity contribution is 7.91. The van der Waals surface area contributed by atoms with Crippen LogP contribution in [-0.4, -0.2) is 37.2 Å². The van der Waals surface area contributed by atoms with Crippen LogP contribution in [0, 0.1) is 0 Å². The average Bonchev–Trinajstić information content (AvgIpc) is 2.72. The van der Waals surface area contributed by atoms with Crippen molar-refractivity contribution in [2.45, 2.75) is 10.3 Å². The van der Waals surface area contributed by atoms with Gasteiger partial charge in [0.05, 0.1) is 19.3 Å². The van der Waals surface area contributed by atoms with Crippen LogP contribution < -0.4 is 0 Å². The van der Waals surface area contributed by atoms with Gasteiger partial charge in [-0.1, -0.05) is 10.5 Å². The highest BCUT2D eigenvalue weighted by Gasteiger charge is 2.33. The maximum atomic E-state index is 11.7. The van der Waals surface area contributed by atoms with Crippen LogP contribution in [0.1, 0.15) is 0 Å². The van der Waals surface area contributed by atoms with E-state index in [9.17, 15) is 8.42 Å². The van der Waals surface area contributed by atoms with Gasteiger partial charge in [-0.25, -0.2) is 8.42 Å². The summed E-state index contributed by atoms with van der Waals surface area (Å²) >= 11 is 1.13. The minimum absolute atomic E-state index is 0.000231. The molecule has 2 heterocycles. The largest absolute Gasteiger partial charge is 0.389 e. The molecule has 1 aromatic rings. The fourth-order valence-electron chi connectivity index (χ4n) is 1.12. The Kier molecular flexibility index (Phi) is 2.58. The van der Waals surface area contributed by atoms with E-state index in [0.717, 1.165) is 15.8 Å². The molecule has 1 N–H and O–H groups in total. The fraction of sp³-hybridized carbons (Fsp3) is 0.429. The highest BCUT2D eigenvalue weighted by atomic mass is 32.2. The minimum atomic E-state index is -3.56. The second-order valence-electron chi connectivity index (χ2n) is 2.87. The van der Waals surface area contributed by atoms with Crippen molar-refractivity contribution >= 4 is 21.4 Å². The van der Waals surface area contributed by atoms with E-state index in [1.54, 1.807) is 11.4 Å². The summed E-state index contributed by atoms with van der Waals surface area (Å²) in [7, 11) is -3.56. The van der Waals surface area contributed by atoms with E-state index in [4.69, 9.17) is 9.94 Å². The molecule has 78 valence electrons. The third-order valence-corrected chi connectivity index (χ3v) is 4.81. The zero-order chi connectivity index (χ0) is 10.2. The maximum Gasteiger partial charge on any atom is 0.274 e. The van der Waals surface area contributed by atoms with Gasteiger partial charge in [0.25, 0.3) is 10.0 Å². The third kappa shape index (κ3) is 1.69. The van der Waals surface area contributed by atoms with Crippen molar-refractivity contribution in [3.63, 3.8) is 0 Å². The Morgan fingerprint density at radius 2 is 2.43 bits per heavy atom. The van der Waals surface area contributed by atoms with Gasteiger partial charge >= 0.3 is 0 Å². The van der Waals surface area contributed by atoms with E-state index in [2.05, 4.69) is 0 Å². The lowest BCUT2D eigenvalue weighted by molar-refractivity contribution is -0.0314. The summed E-state index contributed by atoms with van der Waals surface area (Å²) < 4.78 is 24.5. The molecule has 0 aliphatic carbocycles. The maximum absolute atomic E-state index is 11.7. The zero-order valence-corrected chi connectivity index (χ0v) is 8.79. The molecule has 0 aromatic carbocycles. The van der Waals surface area contributed by atoms with Gasteiger partial charge in [0.2, 0.25) is 0 Å². The lowest BCUT2D eigenvalue weighted by atomic mass is 10.4. The molecule has 1 saturated heterocycles. The second-order valence-corrected chi connectivity index (χ2v) is 5.88. The van der Waals surface area contributed by atoms with Gasteiger partial charge in [0, 0.05) is 0 Å². The van der Waals surface area contributed by atoms with Crippen molar-refractivity contribution < 1.29 is 18.4 Å². The Balaban J connectivity index is 2.26. The van der Waals surface area contributed by atoms with Crippen molar-refractivity contribution in [3.05, 3.63) is 17.5 Å². The van der Waals surface area contributed by atoms with Crippen LogP contribution >= 0.6 is 11.3 Å². The molecule has 0 unspecified atom stereocenters. The standard InChI is InChI=1S/C7H9NO4S2/c9-6-4-8(12-5-6)14(10,11)7-2-1-3-13-7/h1-3,6,9H,4-5H2/t6-/m0/s1. The smallest absolute Gasteiger partial charge is 0.274 e. The second kappa shape index (κ2) is 3.59. The summed E-state index contributed by atoms with van der Waals surface area (Å²) in [5.74, 6) is 0. The van der Waals surface area contributed by atoms with E-state index >= 15 is 0 Å². The van der Waals surface area contributed by atoms with E-state index in [-0.39, 0.29) is 17.4 Å². The van der Waals surface area contributed by atoms with E-state index in [0.29, 0.717) is 0 Å². The van der Waals surface area contributed by atoms with Crippen molar-refractivity contribution in [3.8, 4) is 0 Å². The van der Waals surface area contributed by atoms with Gasteiger partial charge in [0.15, 0.2) is 0 Å². The molecular formula is C7H9NO4S2. The molecule has 1 atom stereocenters. The number of nitrogens with zero attached hydrogens (tertiary/aromatic N) is 1. The van der Waals surface area contributed by atoms with Crippen molar-refractivity contribution in [1.29, 1.82) is 0 Å². The van der Waals surface area contributed by atoms with Crippen LogP contribution in [0.25, 0.3) is 0 Å². The molecule has 0 radical (unpaired) electrons. The number of thiophene rings is 1. The summed E-state index contributed by atoms with van der Waals surface area (Å²) in [4.78, 5) is 4.86. The molecule has 1 fully saturated rings. The average molecular weight is 235 g/mol. The van der Waals surface area contributed by atoms with Crippen LogP contribution in [0.5, 0.6) is 0 Å². The lowest BCUT2D eigenvalue weighted by Gasteiger charge is -2.11. The summed E-state index contributed by atoms with van der Waals surface area (Å²) in [6.45, 7) is 0.0326. The van der Waals surface area contributed by atoms with Crippen LogP contribution in [-0.2, 0) is 14.9 Å². The first-order valence-electron chi connectivity index (χ1n) is 3.98. The van der Waals surface area contributed by atoms with Gasteiger partial charge < -0.3 is 5.11 Å². The number of aliphatic hydroxyl groups excluding tert-OH is 1. The molecule has 0 saturated carbocycles. The van der Waals surface area contributed by atoms with Gasteiger partial charge in [-0.3, -0.25) is 4.84 Å². The molecule has 2 rings (SSSR count). The van der Waals surface area contributed by atoms with E-state index < -0.39 is 16.1 Å². The van der Waals surface area contributed by atoms with Crippen molar-refractivity contribution in [2.24, 2.45) is 0 Å². The van der Waals surface area contributed by atoms with Gasteiger partial charge in [0.1, 0.15) is 4.21 Å². The Hall–Kier alpha value is -0.470. The van der Waals surface area contributed by atoms with Crippen molar-refractivity contribution in [1.82, 2.24) is 4.47 Å². The quantitative estimate of drug-likeness (QED) is 0.786. The third-order valence-electron chi connectivity index (χ3n) is 1.79. The molecule has 0 amide bonds. The predicted octanol–water partition coefficient (Wildman–Crippen LogP) is 0.0449. The number of hydrogen-bond acceptors (Lipinski definition) is 5. The number of aliphatic hydroxyl groups is 1. The Labute approximate surface area is 85.5 Å². The summed E-state index contributed by atoms with van der Waals surface area (Å²) in [6, 6.07) is 3.16. The monoisotopic (exact) mass is 235 g/mol. The molecule has 0 bridgehead atoms. The van der Waals surface area contributed by atoms with Crippen LogP contribution in [0.3, 0.4) is 0 Å². The first-order valence-corrected chi connectivity index (χ1v) is 6.30. The van der Waals surface area contributed by atoms with E-state index in [1.807, 2.05) is 0 Å². The van der Waals surface area contributed by atoms with Gasteiger partial charge in [-0.2, -0.15) is 0 Å². The number of sulfonamides is 1.